The van der Waals surface area contributed by atoms with E-state index in [1.165, 1.54) is 0 Å². The van der Waals surface area contributed by atoms with Gasteiger partial charge in [0.05, 0.1) is 4.83 Å². The number of unbranched alkanes of at least 4 members (excludes halogenated alkanes) is 2. The Kier molecular flexibility index (Phi) is 4.73. The van der Waals surface area contributed by atoms with E-state index in [2.05, 4.69) is 15.9 Å². The van der Waals surface area contributed by atoms with Crippen LogP contribution in [-0.4, -0.2) is 40.4 Å². The summed E-state index contributed by atoms with van der Waals surface area (Å²) in [6.07, 6.45) is 3.79. The molecule has 1 saturated heterocycles. The van der Waals surface area contributed by atoms with E-state index in [1.54, 1.807) is 0 Å². The Bertz CT molecular complexity index is 175. The number of carbonyl (C=O) groups is 1. The van der Waals surface area contributed by atoms with E-state index in [9.17, 15) is 4.79 Å². The van der Waals surface area contributed by atoms with Crippen LogP contribution in [0.3, 0.4) is 0 Å². The highest BCUT2D eigenvalue weighted by molar-refractivity contribution is 9.10. The molecule has 1 rings (SSSR count). The maximum atomic E-state index is 11.4. The van der Waals surface area contributed by atoms with Crippen LogP contribution in [0.15, 0.2) is 0 Å². The number of hydrogen-bond donors (Lipinski definition) is 1. The topological polar surface area (TPSA) is 40.5 Å². The van der Waals surface area contributed by atoms with Gasteiger partial charge in [-0.2, -0.15) is 0 Å². The van der Waals surface area contributed by atoms with Gasteiger partial charge in [-0.1, -0.05) is 15.9 Å². The maximum Gasteiger partial charge on any atom is 0.236 e. The molecule has 1 fully saturated rings. The number of nitrogens with zero attached hydrogens (tertiary/aromatic N) is 1. The highest BCUT2D eigenvalue weighted by Crippen LogP contribution is 2.18. The standard InChI is InChI=1S/C9H16BrNO2/c10-8-4-6-11(9(8)13)5-2-1-3-7-12/h8,12H,1-7H2. The summed E-state index contributed by atoms with van der Waals surface area (Å²) < 4.78 is 0. The van der Waals surface area contributed by atoms with Crippen molar-refractivity contribution in [1.29, 1.82) is 0 Å². The summed E-state index contributed by atoms with van der Waals surface area (Å²) in [4.78, 5) is 13.3. The Morgan fingerprint density at radius 3 is 2.77 bits per heavy atom. The quantitative estimate of drug-likeness (QED) is 0.587. The zero-order chi connectivity index (χ0) is 9.68. The molecule has 76 valence electrons. The molecule has 3 nitrogen and oxygen atoms in total. The van der Waals surface area contributed by atoms with Crippen LogP contribution in [0.25, 0.3) is 0 Å². The van der Waals surface area contributed by atoms with Gasteiger partial charge in [-0.3, -0.25) is 4.79 Å². The van der Waals surface area contributed by atoms with Crippen LogP contribution in [0.1, 0.15) is 25.7 Å². The third kappa shape index (κ3) is 3.27. The molecule has 1 aliphatic heterocycles. The molecule has 0 aromatic carbocycles. The molecule has 0 bridgehead atoms. The lowest BCUT2D eigenvalue weighted by atomic mass is 10.2. The third-order valence-electron chi connectivity index (χ3n) is 2.32. The minimum atomic E-state index is 0.0466. The Morgan fingerprint density at radius 2 is 2.23 bits per heavy atom. The van der Waals surface area contributed by atoms with Crippen molar-refractivity contribution < 1.29 is 9.90 Å². The monoisotopic (exact) mass is 249 g/mol. The van der Waals surface area contributed by atoms with Gasteiger partial charge in [0.25, 0.3) is 0 Å². The number of rotatable bonds is 5. The summed E-state index contributed by atoms with van der Waals surface area (Å²) in [6.45, 7) is 1.99. The first-order valence-electron chi connectivity index (χ1n) is 4.79. The fraction of sp³-hybridized carbons (Fsp3) is 0.889. The number of amides is 1. The fourth-order valence-corrected chi connectivity index (χ4v) is 2.01. The summed E-state index contributed by atoms with van der Waals surface area (Å²) in [5, 5.41) is 8.56. The van der Waals surface area contributed by atoms with Crippen molar-refractivity contribution in [3.63, 3.8) is 0 Å². The van der Waals surface area contributed by atoms with E-state index in [0.29, 0.717) is 0 Å². The van der Waals surface area contributed by atoms with E-state index >= 15 is 0 Å². The molecule has 0 radical (unpaired) electrons. The predicted octanol–water partition coefficient (Wildman–Crippen LogP) is 1.14. The zero-order valence-corrected chi connectivity index (χ0v) is 9.29. The van der Waals surface area contributed by atoms with Crippen LogP contribution in [0.5, 0.6) is 0 Å². The molecule has 0 aromatic rings. The van der Waals surface area contributed by atoms with Crippen molar-refractivity contribution >= 4 is 21.8 Å². The largest absolute Gasteiger partial charge is 0.396 e. The van der Waals surface area contributed by atoms with E-state index in [4.69, 9.17) is 5.11 Å². The molecule has 1 aliphatic rings. The Morgan fingerprint density at radius 1 is 1.46 bits per heavy atom. The number of halogens is 1. The summed E-state index contributed by atoms with van der Waals surface area (Å²) in [5.41, 5.74) is 0. The molecule has 4 heteroatoms. The van der Waals surface area contributed by atoms with Crippen LogP contribution in [0.4, 0.5) is 0 Å². The Labute approximate surface area is 87.2 Å². The van der Waals surface area contributed by atoms with Gasteiger partial charge < -0.3 is 10.0 Å². The van der Waals surface area contributed by atoms with Crippen molar-refractivity contribution in [3.8, 4) is 0 Å². The summed E-state index contributed by atoms with van der Waals surface area (Å²) >= 11 is 3.34. The van der Waals surface area contributed by atoms with Gasteiger partial charge in [-0.05, 0) is 25.7 Å². The molecule has 1 N–H and O–H groups in total. The Hall–Kier alpha value is -0.0900. The van der Waals surface area contributed by atoms with Crippen molar-refractivity contribution in [3.05, 3.63) is 0 Å². The molecular weight excluding hydrogens is 234 g/mol. The molecular formula is C9H16BrNO2. The molecule has 0 spiro atoms. The first-order valence-corrected chi connectivity index (χ1v) is 5.71. The number of aliphatic hydroxyl groups excluding tert-OH is 1. The van der Waals surface area contributed by atoms with E-state index in [-0.39, 0.29) is 17.3 Å². The number of likely N-dealkylation sites (tertiary alicyclic amines) is 1. The van der Waals surface area contributed by atoms with Crippen molar-refractivity contribution in [2.45, 2.75) is 30.5 Å². The summed E-state index contributed by atoms with van der Waals surface area (Å²) in [6, 6.07) is 0. The lowest BCUT2D eigenvalue weighted by molar-refractivity contribution is -0.127. The highest BCUT2D eigenvalue weighted by Gasteiger charge is 2.28. The number of carbonyl (C=O) groups excluding carboxylic acids is 1. The molecule has 1 atom stereocenters. The normalized spacial score (nSPS) is 22.8. The van der Waals surface area contributed by atoms with Crippen LogP contribution in [-0.2, 0) is 4.79 Å². The van der Waals surface area contributed by atoms with Crippen molar-refractivity contribution in [2.24, 2.45) is 0 Å². The van der Waals surface area contributed by atoms with Gasteiger partial charge >= 0.3 is 0 Å². The predicted molar refractivity (Wildman–Crippen MR) is 54.8 cm³/mol. The molecule has 1 unspecified atom stereocenters. The number of alkyl halides is 1. The molecule has 0 aromatic heterocycles. The van der Waals surface area contributed by atoms with E-state index < -0.39 is 0 Å². The van der Waals surface area contributed by atoms with Gasteiger partial charge in [-0.25, -0.2) is 0 Å². The second-order valence-corrected chi connectivity index (χ2v) is 4.47. The average Bonchev–Trinajstić information content (AvgIpc) is 2.43. The van der Waals surface area contributed by atoms with Crippen LogP contribution in [0, 0.1) is 0 Å². The van der Waals surface area contributed by atoms with Crippen LogP contribution < -0.4 is 0 Å². The second-order valence-electron chi connectivity index (χ2n) is 3.37. The minimum Gasteiger partial charge on any atom is -0.396 e. The first-order chi connectivity index (χ1) is 6.25. The molecule has 0 saturated carbocycles. The molecule has 13 heavy (non-hydrogen) atoms. The van der Waals surface area contributed by atoms with Gasteiger partial charge in [0.2, 0.25) is 5.91 Å². The van der Waals surface area contributed by atoms with Gasteiger partial charge in [0.15, 0.2) is 0 Å². The summed E-state index contributed by atoms with van der Waals surface area (Å²) in [7, 11) is 0. The smallest absolute Gasteiger partial charge is 0.236 e. The number of aliphatic hydroxyl groups is 1. The molecule has 0 aliphatic carbocycles. The second kappa shape index (κ2) is 5.60. The van der Waals surface area contributed by atoms with Gasteiger partial charge in [0, 0.05) is 19.7 Å². The lowest BCUT2D eigenvalue weighted by Crippen LogP contribution is -2.28. The van der Waals surface area contributed by atoms with Crippen LogP contribution >= 0.6 is 15.9 Å². The Balaban J connectivity index is 2.12. The van der Waals surface area contributed by atoms with Crippen LogP contribution in [0.2, 0.25) is 0 Å². The zero-order valence-electron chi connectivity index (χ0n) is 7.71. The van der Waals surface area contributed by atoms with E-state index in [1.807, 2.05) is 4.90 Å². The fourth-order valence-electron chi connectivity index (χ4n) is 1.51. The molecule has 1 heterocycles. The molecule has 1 amide bonds. The maximum absolute atomic E-state index is 11.4. The third-order valence-corrected chi connectivity index (χ3v) is 3.17. The minimum absolute atomic E-state index is 0.0466. The van der Waals surface area contributed by atoms with E-state index in [0.717, 1.165) is 38.8 Å². The van der Waals surface area contributed by atoms with Crippen molar-refractivity contribution in [2.75, 3.05) is 19.7 Å². The highest BCUT2D eigenvalue weighted by atomic mass is 79.9. The number of hydrogen-bond acceptors (Lipinski definition) is 2. The average molecular weight is 250 g/mol. The first kappa shape index (κ1) is 11.0. The SMILES string of the molecule is O=C1C(Br)CCN1CCCCCO. The van der Waals surface area contributed by atoms with Crippen molar-refractivity contribution in [1.82, 2.24) is 4.90 Å². The summed E-state index contributed by atoms with van der Waals surface area (Å²) in [5.74, 6) is 0.226. The van der Waals surface area contributed by atoms with Gasteiger partial charge in [0.1, 0.15) is 0 Å². The lowest BCUT2D eigenvalue weighted by Gasteiger charge is -2.14. The van der Waals surface area contributed by atoms with Gasteiger partial charge in [-0.15, -0.1) is 0 Å².